The van der Waals surface area contributed by atoms with Gasteiger partial charge in [-0.25, -0.2) is 18.2 Å². The lowest BCUT2D eigenvalue weighted by atomic mass is 10.3. The van der Waals surface area contributed by atoms with Crippen LogP contribution in [0.15, 0.2) is 6.07 Å². The molecule has 1 heterocycles. The molecule has 0 unspecified atom stereocenters. The van der Waals surface area contributed by atoms with Crippen LogP contribution in [-0.2, 0) is 0 Å². The molecule has 0 spiro atoms. The lowest BCUT2D eigenvalue weighted by Gasteiger charge is -2.07. The van der Waals surface area contributed by atoms with Crippen molar-refractivity contribution in [2.24, 2.45) is 0 Å². The molecule has 72 valence electrons. The highest BCUT2D eigenvalue weighted by Crippen LogP contribution is 2.30. The molecule has 0 aliphatic rings. The standard InChI is InChI=1S/C7H5F3INO/c1-13-6-3(8)2-4(11)12-5(6)7(9)10/h2,7H,1H3. The second kappa shape index (κ2) is 4.12. The highest BCUT2D eigenvalue weighted by molar-refractivity contribution is 14.1. The van der Waals surface area contributed by atoms with E-state index in [0.29, 0.717) is 0 Å². The number of methoxy groups -OCH3 is 1. The van der Waals surface area contributed by atoms with E-state index in [1.807, 2.05) is 0 Å². The second-order valence-electron chi connectivity index (χ2n) is 2.15. The molecular formula is C7H5F3INO. The maximum atomic E-state index is 13.0. The van der Waals surface area contributed by atoms with Gasteiger partial charge in [-0.3, -0.25) is 0 Å². The van der Waals surface area contributed by atoms with Crippen molar-refractivity contribution in [2.45, 2.75) is 6.43 Å². The third kappa shape index (κ3) is 2.23. The third-order valence-corrected chi connectivity index (χ3v) is 1.89. The van der Waals surface area contributed by atoms with E-state index in [1.165, 1.54) is 0 Å². The summed E-state index contributed by atoms with van der Waals surface area (Å²) in [5, 5.41) is 0. The van der Waals surface area contributed by atoms with E-state index in [-0.39, 0.29) is 3.70 Å². The highest BCUT2D eigenvalue weighted by Gasteiger charge is 2.20. The van der Waals surface area contributed by atoms with Gasteiger partial charge in [0, 0.05) is 6.07 Å². The van der Waals surface area contributed by atoms with E-state index in [1.54, 1.807) is 22.6 Å². The maximum Gasteiger partial charge on any atom is 0.284 e. The average molecular weight is 303 g/mol. The third-order valence-electron chi connectivity index (χ3n) is 1.33. The molecule has 0 saturated carbocycles. The Kier molecular flexibility index (Phi) is 3.34. The van der Waals surface area contributed by atoms with Crippen molar-refractivity contribution < 1.29 is 17.9 Å². The number of aromatic nitrogens is 1. The Morgan fingerprint density at radius 2 is 2.15 bits per heavy atom. The second-order valence-corrected chi connectivity index (χ2v) is 3.25. The van der Waals surface area contributed by atoms with E-state index in [2.05, 4.69) is 9.72 Å². The van der Waals surface area contributed by atoms with Crippen LogP contribution in [0.3, 0.4) is 0 Å². The lowest BCUT2D eigenvalue weighted by Crippen LogP contribution is -2.01. The molecule has 0 atom stereocenters. The first-order valence-corrected chi connectivity index (χ1v) is 4.32. The van der Waals surface area contributed by atoms with Gasteiger partial charge in [-0.05, 0) is 22.6 Å². The van der Waals surface area contributed by atoms with Gasteiger partial charge < -0.3 is 4.74 Å². The molecule has 1 aromatic rings. The average Bonchev–Trinajstić information content (AvgIpc) is 2.02. The van der Waals surface area contributed by atoms with E-state index >= 15 is 0 Å². The van der Waals surface area contributed by atoms with Gasteiger partial charge in [0.1, 0.15) is 3.70 Å². The monoisotopic (exact) mass is 303 g/mol. The van der Waals surface area contributed by atoms with Gasteiger partial charge in [-0.15, -0.1) is 0 Å². The van der Waals surface area contributed by atoms with Gasteiger partial charge in [0.2, 0.25) is 0 Å². The van der Waals surface area contributed by atoms with Crippen molar-refractivity contribution >= 4 is 22.6 Å². The van der Waals surface area contributed by atoms with Gasteiger partial charge in [0.05, 0.1) is 7.11 Å². The summed E-state index contributed by atoms with van der Waals surface area (Å²) >= 11 is 1.66. The Bertz CT molecular complexity index is 319. The van der Waals surface area contributed by atoms with Gasteiger partial charge in [-0.2, -0.15) is 0 Å². The van der Waals surface area contributed by atoms with Crippen LogP contribution in [-0.4, -0.2) is 12.1 Å². The summed E-state index contributed by atoms with van der Waals surface area (Å²) in [7, 11) is 1.12. The summed E-state index contributed by atoms with van der Waals surface area (Å²) in [5.41, 5.74) is -0.660. The molecule has 1 aromatic heterocycles. The minimum atomic E-state index is -2.83. The van der Waals surface area contributed by atoms with Crippen LogP contribution in [0.2, 0.25) is 0 Å². The summed E-state index contributed by atoms with van der Waals surface area (Å²) in [6.45, 7) is 0. The molecule has 6 heteroatoms. The zero-order valence-corrected chi connectivity index (χ0v) is 8.68. The van der Waals surface area contributed by atoms with Crippen molar-refractivity contribution in [2.75, 3.05) is 7.11 Å². The molecule has 0 aromatic carbocycles. The normalized spacial score (nSPS) is 10.6. The number of pyridine rings is 1. The number of alkyl halides is 2. The highest BCUT2D eigenvalue weighted by atomic mass is 127. The Hall–Kier alpha value is -0.530. The van der Waals surface area contributed by atoms with Crippen molar-refractivity contribution in [1.82, 2.24) is 4.98 Å². The molecule has 0 bridgehead atoms. The first kappa shape index (κ1) is 10.6. The van der Waals surface area contributed by atoms with Crippen LogP contribution in [0.25, 0.3) is 0 Å². The molecule has 0 radical (unpaired) electrons. The Morgan fingerprint density at radius 3 is 2.62 bits per heavy atom. The molecule has 0 saturated heterocycles. The Labute approximate surface area is 86.3 Å². The van der Waals surface area contributed by atoms with Gasteiger partial charge in [0.15, 0.2) is 17.3 Å². The molecule has 13 heavy (non-hydrogen) atoms. The van der Waals surface area contributed by atoms with E-state index in [0.717, 1.165) is 13.2 Å². The molecular weight excluding hydrogens is 298 g/mol. The SMILES string of the molecule is COc1c(F)cc(I)nc1C(F)F. The summed E-state index contributed by atoms with van der Waals surface area (Å²) in [6, 6.07) is 1.03. The van der Waals surface area contributed by atoms with E-state index < -0.39 is 23.7 Å². The predicted octanol–water partition coefficient (Wildman–Crippen LogP) is 2.77. The molecule has 0 amide bonds. The van der Waals surface area contributed by atoms with Crippen molar-refractivity contribution in [3.05, 3.63) is 21.3 Å². The molecule has 2 nitrogen and oxygen atoms in total. The van der Waals surface area contributed by atoms with E-state index in [4.69, 9.17) is 0 Å². The largest absolute Gasteiger partial charge is 0.492 e. The van der Waals surface area contributed by atoms with Crippen LogP contribution >= 0.6 is 22.6 Å². The van der Waals surface area contributed by atoms with Crippen molar-refractivity contribution in [3.8, 4) is 5.75 Å². The van der Waals surface area contributed by atoms with Crippen molar-refractivity contribution in [1.29, 1.82) is 0 Å². The fraction of sp³-hybridized carbons (Fsp3) is 0.286. The zero-order valence-electron chi connectivity index (χ0n) is 6.52. The number of halogens is 4. The number of hydrogen-bond donors (Lipinski definition) is 0. The topological polar surface area (TPSA) is 22.1 Å². The van der Waals surface area contributed by atoms with Gasteiger partial charge in [0.25, 0.3) is 6.43 Å². The Morgan fingerprint density at radius 1 is 1.54 bits per heavy atom. The number of ether oxygens (including phenoxy) is 1. The van der Waals surface area contributed by atoms with Crippen LogP contribution in [0.4, 0.5) is 13.2 Å². The summed E-state index contributed by atoms with van der Waals surface area (Å²) < 4.78 is 42.1. The number of hydrogen-bond acceptors (Lipinski definition) is 2. The molecule has 0 aliphatic heterocycles. The minimum Gasteiger partial charge on any atom is -0.492 e. The van der Waals surface area contributed by atoms with Crippen molar-refractivity contribution in [3.63, 3.8) is 0 Å². The molecule has 1 rings (SSSR count). The number of nitrogens with zero attached hydrogens (tertiary/aromatic N) is 1. The Balaban J connectivity index is 3.29. The molecule has 0 N–H and O–H groups in total. The quantitative estimate of drug-likeness (QED) is 0.619. The van der Waals surface area contributed by atoms with Gasteiger partial charge >= 0.3 is 0 Å². The van der Waals surface area contributed by atoms with Crippen LogP contribution < -0.4 is 4.74 Å². The van der Waals surface area contributed by atoms with Crippen LogP contribution in [0, 0.1) is 9.52 Å². The van der Waals surface area contributed by atoms with Gasteiger partial charge in [-0.1, -0.05) is 0 Å². The summed E-state index contributed by atoms with van der Waals surface area (Å²) in [6.07, 6.45) is -2.83. The fourth-order valence-electron chi connectivity index (χ4n) is 0.841. The smallest absolute Gasteiger partial charge is 0.284 e. The van der Waals surface area contributed by atoms with Crippen LogP contribution in [0.5, 0.6) is 5.75 Å². The molecule has 0 aliphatic carbocycles. The first-order chi connectivity index (χ1) is 6.06. The summed E-state index contributed by atoms with van der Waals surface area (Å²) in [4.78, 5) is 3.48. The minimum absolute atomic E-state index is 0.172. The first-order valence-electron chi connectivity index (χ1n) is 3.24. The lowest BCUT2D eigenvalue weighted by molar-refractivity contribution is 0.140. The number of rotatable bonds is 2. The fourth-order valence-corrected chi connectivity index (χ4v) is 1.37. The zero-order chi connectivity index (χ0) is 10.0. The predicted molar refractivity (Wildman–Crippen MR) is 48.4 cm³/mol. The maximum absolute atomic E-state index is 13.0. The van der Waals surface area contributed by atoms with Crippen LogP contribution in [0.1, 0.15) is 12.1 Å². The summed E-state index contributed by atoms with van der Waals surface area (Å²) in [5.74, 6) is -1.31. The molecule has 0 fully saturated rings. The van der Waals surface area contributed by atoms with E-state index in [9.17, 15) is 13.2 Å².